The van der Waals surface area contributed by atoms with Crippen molar-refractivity contribution in [2.24, 2.45) is 0 Å². The minimum atomic E-state index is -4.79. The van der Waals surface area contributed by atoms with Crippen molar-refractivity contribution in [2.45, 2.75) is 25.8 Å². The van der Waals surface area contributed by atoms with Crippen LogP contribution in [0.1, 0.15) is 13.8 Å². The van der Waals surface area contributed by atoms with Crippen molar-refractivity contribution >= 4 is 27.5 Å². The summed E-state index contributed by atoms with van der Waals surface area (Å²) in [5.74, 6) is -1.10. The van der Waals surface area contributed by atoms with Gasteiger partial charge < -0.3 is 15.2 Å². The van der Waals surface area contributed by atoms with Crippen molar-refractivity contribution in [1.29, 1.82) is 0 Å². The number of anilines is 1. The first-order chi connectivity index (χ1) is 8.49. The molecule has 0 aliphatic heterocycles. The van der Waals surface area contributed by atoms with Crippen LogP contribution in [0, 0.1) is 0 Å². The zero-order valence-corrected chi connectivity index (χ0v) is 11.6. The molecule has 0 radical (unpaired) electrons. The van der Waals surface area contributed by atoms with Crippen LogP contribution in [0.3, 0.4) is 0 Å². The zero-order chi connectivity index (χ0) is 14.8. The number of carbonyl (C=O) groups is 1. The van der Waals surface area contributed by atoms with Gasteiger partial charge >= 0.3 is 6.36 Å². The summed E-state index contributed by atoms with van der Waals surface area (Å²) in [6, 6.07) is 3.53. The lowest BCUT2D eigenvalue weighted by Gasteiger charge is -2.17. The van der Waals surface area contributed by atoms with Crippen molar-refractivity contribution < 1.29 is 27.8 Å². The Morgan fingerprint density at radius 3 is 2.37 bits per heavy atom. The summed E-state index contributed by atoms with van der Waals surface area (Å²) in [5, 5.41) is 11.8. The summed E-state index contributed by atoms with van der Waals surface area (Å²) in [6.45, 7) is 2.58. The molecule has 2 N–H and O–H groups in total. The van der Waals surface area contributed by atoms with Crippen molar-refractivity contribution in [3.05, 3.63) is 22.7 Å². The van der Waals surface area contributed by atoms with E-state index in [-0.39, 0.29) is 10.2 Å². The monoisotopic (exact) mass is 341 g/mol. The number of ether oxygens (including phenoxy) is 1. The lowest BCUT2D eigenvalue weighted by atomic mass is 10.1. The number of nitrogens with one attached hydrogen (secondary N) is 1. The minimum Gasteiger partial charge on any atom is -0.405 e. The first-order valence-electron chi connectivity index (χ1n) is 5.08. The maximum atomic E-state index is 12.0. The quantitative estimate of drug-likeness (QED) is 0.888. The molecular formula is C11H11BrF3NO3. The zero-order valence-electron chi connectivity index (χ0n) is 10.0. The third kappa shape index (κ3) is 5.07. The SMILES string of the molecule is CC(C)(O)C(=O)Nc1ccc(OC(F)(F)F)c(Br)c1. The van der Waals surface area contributed by atoms with Crippen LogP contribution in [0.4, 0.5) is 18.9 Å². The Balaban J connectivity index is 2.86. The van der Waals surface area contributed by atoms with Crippen LogP contribution in [0.5, 0.6) is 5.75 Å². The van der Waals surface area contributed by atoms with E-state index < -0.39 is 23.6 Å². The number of hydrogen-bond donors (Lipinski definition) is 2. The molecule has 1 aromatic carbocycles. The average Bonchev–Trinajstić information content (AvgIpc) is 2.19. The highest BCUT2D eigenvalue weighted by Gasteiger charge is 2.32. The fourth-order valence-electron chi connectivity index (χ4n) is 1.07. The predicted molar refractivity (Wildman–Crippen MR) is 65.8 cm³/mol. The molecule has 106 valence electrons. The van der Waals surface area contributed by atoms with Crippen molar-refractivity contribution in [3.8, 4) is 5.75 Å². The first kappa shape index (κ1) is 15.8. The van der Waals surface area contributed by atoms with Gasteiger partial charge in [0.15, 0.2) is 0 Å². The van der Waals surface area contributed by atoms with Crippen molar-refractivity contribution in [2.75, 3.05) is 5.32 Å². The highest BCUT2D eigenvalue weighted by molar-refractivity contribution is 9.10. The van der Waals surface area contributed by atoms with E-state index in [1.807, 2.05) is 0 Å². The van der Waals surface area contributed by atoms with Crippen LogP contribution in [-0.2, 0) is 4.79 Å². The molecule has 19 heavy (non-hydrogen) atoms. The van der Waals surface area contributed by atoms with Crippen LogP contribution in [-0.4, -0.2) is 23.0 Å². The Morgan fingerprint density at radius 2 is 1.95 bits per heavy atom. The fourth-order valence-corrected chi connectivity index (χ4v) is 1.53. The highest BCUT2D eigenvalue weighted by Crippen LogP contribution is 2.32. The lowest BCUT2D eigenvalue weighted by Crippen LogP contribution is -2.36. The fraction of sp³-hybridized carbons (Fsp3) is 0.364. The number of carbonyl (C=O) groups excluding carboxylic acids is 1. The molecule has 0 spiro atoms. The molecule has 1 aromatic rings. The van der Waals surface area contributed by atoms with Gasteiger partial charge in [-0.1, -0.05) is 0 Å². The van der Waals surface area contributed by atoms with E-state index in [4.69, 9.17) is 0 Å². The standard InChI is InChI=1S/C11H11BrF3NO3/c1-10(2,18)9(17)16-6-3-4-8(7(12)5-6)19-11(13,14)15/h3-5,18H,1-2H3,(H,16,17). The Kier molecular flexibility index (Phi) is 4.46. The third-order valence-corrected chi connectivity index (χ3v) is 2.59. The molecule has 0 bridgehead atoms. The number of hydrogen-bond acceptors (Lipinski definition) is 3. The second kappa shape index (κ2) is 5.38. The van der Waals surface area contributed by atoms with Crippen LogP contribution in [0.25, 0.3) is 0 Å². The van der Waals surface area contributed by atoms with Crippen molar-refractivity contribution in [3.63, 3.8) is 0 Å². The van der Waals surface area contributed by atoms with Gasteiger partial charge in [0.2, 0.25) is 0 Å². The normalized spacial score (nSPS) is 12.2. The van der Waals surface area contributed by atoms with E-state index in [1.165, 1.54) is 26.0 Å². The van der Waals surface area contributed by atoms with E-state index >= 15 is 0 Å². The van der Waals surface area contributed by atoms with Gasteiger partial charge in [0, 0.05) is 5.69 Å². The maximum absolute atomic E-state index is 12.0. The topological polar surface area (TPSA) is 58.6 Å². The molecule has 0 saturated heterocycles. The summed E-state index contributed by atoms with van der Waals surface area (Å²) >= 11 is 2.90. The van der Waals surface area contributed by atoms with Crippen LogP contribution < -0.4 is 10.1 Å². The van der Waals surface area contributed by atoms with E-state index in [1.54, 1.807) is 0 Å². The smallest absolute Gasteiger partial charge is 0.405 e. The molecule has 0 atom stereocenters. The maximum Gasteiger partial charge on any atom is 0.573 e. The van der Waals surface area contributed by atoms with Gasteiger partial charge in [0.25, 0.3) is 5.91 Å². The van der Waals surface area contributed by atoms with Crippen LogP contribution in [0.2, 0.25) is 0 Å². The second-order valence-corrected chi connectivity index (χ2v) is 5.06. The van der Waals surface area contributed by atoms with Crippen LogP contribution in [0.15, 0.2) is 22.7 Å². The molecule has 0 fully saturated rings. The van der Waals surface area contributed by atoms with Gasteiger partial charge in [-0.15, -0.1) is 13.2 Å². The molecule has 0 unspecified atom stereocenters. The lowest BCUT2D eigenvalue weighted by molar-refractivity contribution is -0.274. The van der Waals surface area contributed by atoms with E-state index in [0.717, 1.165) is 6.07 Å². The molecule has 0 aliphatic rings. The first-order valence-corrected chi connectivity index (χ1v) is 5.87. The number of aliphatic hydroxyl groups is 1. The molecule has 1 amide bonds. The molecule has 0 aromatic heterocycles. The molecule has 0 heterocycles. The summed E-state index contributed by atoms with van der Waals surface area (Å²) in [7, 11) is 0. The van der Waals surface area contributed by atoms with Crippen molar-refractivity contribution in [1.82, 2.24) is 0 Å². The number of alkyl halides is 3. The van der Waals surface area contributed by atoms with Gasteiger partial charge in [-0.3, -0.25) is 4.79 Å². The Labute approximate surface area is 115 Å². The largest absolute Gasteiger partial charge is 0.573 e. The van der Waals surface area contributed by atoms with Gasteiger partial charge in [0.1, 0.15) is 11.4 Å². The molecule has 0 aliphatic carbocycles. The number of halogens is 4. The summed E-state index contributed by atoms with van der Waals surface area (Å²) in [5.41, 5.74) is -1.36. The summed E-state index contributed by atoms with van der Waals surface area (Å²) in [6.07, 6.45) is -4.79. The van der Waals surface area contributed by atoms with Gasteiger partial charge in [-0.05, 0) is 48.0 Å². The summed E-state index contributed by atoms with van der Waals surface area (Å²) < 4.78 is 39.9. The molecule has 0 saturated carbocycles. The van der Waals surface area contributed by atoms with Gasteiger partial charge in [-0.25, -0.2) is 0 Å². The molecule has 1 rings (SSSR count). The Morgan fingerprint density at radius 1 is 1.37 bits per heavy atom. The average molecular weight is 342 g/mol. The second-order valence-electron chi connectivity index (χ2n) is 4.21. The molecule has 4 nitrogen and oxygen atoms in total. The predicted octanol–water partition coefficient (Wildman–Crippen LogP) is 3.06. The van der Waals surface area contributed by atoms with Gasteiger partial charge in [0.05, 0.1) is 4.47 Å². The van der Waals surface area contributed by atoms with E-state index in [2.05, 4.69) is 26.0 Å². The third-order valence-electron chi connectivity index (χ3n) is 1.97. The highest BCUT2D eigenvalue weighted by atomic mass is 79.9. The van der Waals surface area contributed by atoms with Crippen LogP contribution >= 0.6 is 15.9 Å². The molecule has 8 heteroatoms. The minimum absolute atomic E-state index is 0.0263. The number of rotatable bonds is 3. The Hall–Kier alpha value is -1.28. The van der Waals surface area contributed by atoms with E-state index in [9.17, 15) is 23.1 Å². The Bertz CT molecular complexity index is 483. The summed E-state index contributed by atoms with van der Waals surface area (Å²) in [4.78, 5) is 11.5. The van der Waals surface area contributed by atoms with Gasteiger partial charge in [-0.2, -0.15) is 0 Å². The number of amides is 1. The molecular weight excluding hydrogens is 331 g/mol. The van der Waals surface area contributed by atoms with E-state index in [0.29, 0.717) is 0 Å². The number of benzene rings is 1.